The van der Waals surface area contributed by atoms with Gasteiger partial charge in [0.25, 0.3) is 0 Å². The standard InChI is InChI=1S/C21H32N4O6.C15H20N2O3S.C2HF3O2/c1-4-12(2)17(23)19(27)25-18(13(3)31-11-14-8-6-5-7-9-14)20(28)24-15(21(29)30)10-16(22)26;16-12(10-21-9-11-5-2-1-3-6-11)14(18)17-8-4-7-13(17)15(19)20;3-2(4,5)1(6)7/h5-9,12-13,15,17-18H,4,10-11,23H2,1-3H3,(H2,22,26)(H,24,28)(H,25,27)(H,29,30);1-3,5-6,12-13H,4,7-10,16H2,(H,19,20);(H,6,7)/t;12?,13-;/m.0./s1. The molecular formula is C38H53F3N6O11S. The highest BCUT2D eigenvalue weighted by Gasteiger charge is 2.38. The maximum Gasteiger partial charge on any atom is 0.490 e. The number of thioether (sulfide) groups is 1. The number of carbonyl (C=O) groups excluding carboxylic acids is 4. The van der Waals surface area contributed by atoms with Crippen LogP contribution in [0.4, 0.5) is 13.2 Å². The van der Waals surface area contributed by atoms with Gasteiger partial charge in [0.1, 0.15) is 18.1 Å². The van der Waals surface area contributed by atoms with Crippen molar-refractivity contribution in [3.8, 4) is 0 Å². The van der Waals surface area contributed by atoms with Crippen LogP contribution in [0.15, 0.2) is 60.7 Å². The summed E-state index contributed by atoms with van der Waals surface area (Å²) in [4.78, 5) is 81.5. The van der Waals surface area contributed by atoms with Crippen molar-refractivity contribution in [2.45, 2.75) is 101 Å². The molecule has 1 aliphatic heterocycles. The number of carboxylic acid groups (broad SMARTS) is 3. The number of nitrogens with zero attached hydrogens (tertiary/aromatic N) is 1. The molecule has 1 fully saturated rings. The summed E-state index contributed by atoms with van der Waals surface area (Å²) in [6, 6.07) is 14.2. The van der Waals surface area contributed by atoms with Gasteiger partial charge in [-0.1, -0.05) is 80.9 Å². The van der Waals surface area contributed by atoms with E-state index in [9.17, 15) is 47.0 Å². The third-order valence-corrected chi connectivity index (χ3v) is 9.91. The lowest BCUT2D eigenvalue weighted by Crippen LogP contribution is -2.59. The number of hydrogen-bond acceptors (Lipinski definition) is 11. The van der Waals surface area contributed by atoms with Gasteiger partial charge >= 0.3 is 24.1 Å². The van der Waals surface area contributed by atoms with Gasteiger partial charge < -0.3 is 52.8 Å². The summed E-state index contributed by atoms with van der Waals surface area (Å²) in [6.07, 6.45) is -4.59. The Bertz CT molecular complexity index is 1680. The summed E-state index contributed by atoms with van der Waals surface area (Å²) < 4.78 is 37.5. The number of alkyl halides is 3. The number of halogens is 3. The molecule has 3 rings (SSSR count). The number of rotatable bonds is 19. The minimum absolute atomic E-state index is 0.133. The molecule has 17 nitrogen and oxygen atoms in total. The Balaban J connectivity index is 0.000000531. The second kappa shape index (κ2) is 26.0. The second-order valence-corrected chi connectivity index (χ2v) is 14.4. The third kappa shape index (κ3) is 19.4. The molecule has 2 aromatic rings. The average Bonchev–Trinajstić information content (AvgIpc) is 3.69. The van der Waals surface area contributed by atoms with Crippen LogP contribution in [0.2, 0.25) is 0 Å². The largest absolute Gasteiger partial charge is 0.490 e. The van der Waals surface area contributed by atoms with Crippen LogP contribution in [0.3, 0.4) is 0 Å². The molecule has 4 amide bonds. The van der Waals surface area contributed by atoms with Crippen molar-refractivity contribution in [2.75, 3.05) is 12.3 Å². The van der Waals surface area contributed by atoms with Gasteiger partial charge in [-0.05, 0) is 36.8 Å². The second-order valence-electron chi connectivity index (χ2n) is 13.4. The molecule has 7 atom stereocenters. The van der Waals surface area contributed by atoms with E-state index in [-0.39, 0.29) is 18.4 Å². The van der Waals surface area contributed by atoms with E-state index in [1.807, 2.05) is 74.5 Å². The predicted octanol–water partition coefficient (Wildman–Crippen LogP) is 1.85. The number of nitrogens with two attached hydrogens (primary N) is 3. The number of likely N-dealkylation sites (tertiary alicyclic amines) is 1. The zero-order chi connectivity index (χ0) is 44.9. The molecule has 1 heterocycles. The van der Waals surface area contributed by atoms with Gasteiger partial charge in [0.15, 0.2) is 0 Å². The minimum Gasteiger partial charge on any atom is -0.480 e. The lowest BCUT2D eigenvalue weighted by atomic mass is 9.98. The van der Waals surface area contributed by atoms with Crippen LogP contribution in [0.1, 0.15) is 57.6 Å². The predicted molar refractivity (Wildman–Crippen MR) is 210 cm³/mol. The summed E-state index contributed by atoms with van der Waals surface area (Å²) >= 11 is 1.59. The fourth-order valence-electron chi connectivity index (χ4n) is 5.17. The molecule has 0 aliphatic carbocycles. The smallest absolute Gasteiger partial charge is 0.480 e. The maximum atomic E-state index is 12.8. The van der Waals surface area contributed by atoms with Crippen molar-refractivity contribution in [3.05, 3.63) is 71.8 Å². The third-order valence-electron chi connectivity index (χ3n) is 8.77. The molecule has 0 aromatic heterocycles. The maximum absolute atomic E-state index is 12.8. The topological polar surface area (TPSA) is 295 Å². The summed E-state index contributed by atoms with van der Waals surface area (Å²) in [5, 5.41) is 30.3. The SMILES string of the molecule is CCC(C)C(N)C(=O)NC(C(=O)NC(CC(N)=O)C(=O)O)C(C)OCc1ccccc1.NC(CSCc1ccccc1)C(=O)N1CCC[C@H]1C(=O)O.O=C(O)C(F)(F)F. The lowest BCUT2D eigenvalue weighted by molar-refractivity contribution is -0.192. The molecule has 2 aromatic carbocycles. The van der Waals surface area contributed by atoms with Crippen molar-refractivity contribution < 1.29 is 66.8 Å². The zero-order valence-corrected chi connectivity index (χ0v) is 33.6. The van der Waals surface area contributed by atoms with E-state index < -0.39 is 84.5 Å². The monoisotopic (exact) mass is 858 g/mol. The molecule has 6 unspecified atom stereocenters. The van der Waals surface area contributed by atoms with Gasteiger partial charge in [-0.15, -0.1) is 0 Å². The van der Waals surface area contributed by atoms with Gasteiger partial charge in [-0.3, -0.25) is 19.2 Å². The van der Waals surface area contributed by atoms with Gasteiger partial charge in [-0.25, -0.2) is 14.4 Å². The van der Waals surface area contributed by atoms with Gasteiger partial charge in [0.2, 0.25) is 23.6 Å². The Kier molecular flexibility index (Phi) is 22.8. The Labute approximate surface area is 343 Å². The Hall–Kier alpha value is -5.25. The van der Waals surface area contributed by atoms with Crippen molar-refractivity contribution in [3.63, 3.8) is 0 Å². The van der Waals surface area contributed by atoms with E-state index >= 15 is 0 Å². The summed E-state index contributed by atoms with van der Waals surface area (Å²) in [5.41, 5.74) is 19.0. The molecule has 21 heteroatoms. The highest BCUT2D eigenvalue weighted by molar-refractivity contribution is 7.98. The normalized spacial score (nSPS) is 16.5. The average molecular weight is 859 g/mol. The molecular weight excluding hydrogens is 806 g/mol. The molecule has 0 spiro atoms. The quantitative estimate of drug-likeness (QED) is 0.100. The number of carbonyl (C=O) groups is 7. The number of benzene rings is 2. The first-order chi connectivity index (χ1) is 27.6. The Morgan fingerprint density at radius 2 is 1.44 bits per heavy atom. The van der Waals surface area contributed by atoms with Crippen LogP contribution in [0.25, 0.3) is 0 Å². The fraction of sp³-hybridized carbons (Fsp3) is 0.500. The van der Waals surface area contributed by atoms with Crippen LogP contribution in [-0.2, 0) is 50.7 Å². The van der Waals surface area contributed by atoms with Crippen molar-refractivity contribution >= 4 is 53.3 Å². The highest BCUT2D eigenvalue weighted by Crippen LogP contribution is 2.20. The first-order valence-electron chi connectivity index (χ1n) is 18.3. The van der Waals surface area contributed by atoms with Crippen molar-refractivity contribution in [2.24, 2.45) is 23.1 Å². The number of ether oxygens (including phenoxy) is 1. The van der Waals surface area contributed by atoms with E-state index in [4.69, 9.17) is 36.9 Å². The Morgan fingerprint density at radius 3 is 1.92 bits per heavy atom. The van der Waals surface area contributed by atoms with E-state index in [2.05, 4.69) is 10.6 Å². The molecule has 0 saturated carbocycles. The van der Waals surface area contributed by atoms with Gasteiger partial charge in [0.05, 0.1) is 31.2 Å². The van der Waals surface area contributed by atoms with Gasteiger partial charge in [-0.2, -0.15) is 24.9 Å². The van der Waals surface area contributed by atoms with Crippen molar-refractivity contribution in [1.29, 1.82) is 0 Å². The number of hydrogen-bond donors (Lipinski definition) is 8. The van der Waals surface area contributed by atoms with E-state index in [1.165, 1.54) is 10.5 Å². The molecule has 0 radical (unpaired) electrons. The Morgan fingerprint density at radius 1 is 0.898 bits per heavy atom. The summed E-state index contributed by atoms with van der Waals surface area (Å²) in [5.74, 6) is -6.48. The molecule has 11 N–H and O–H groups in total. The van der Waals surface area contributed by atoms with Crippen molar-refractivity contribution in [1.82, 2.24) is 15.5 Å². The van der Waals surface area contributed by atoms with E-state index in [0.717, 1.165) is 17.7 Å². The number of amides is 4. The molecule has 59 heavy (non-hydrogen) atoms. The number of carboxylic acids is 3. The van der Waals surface area contributed by atoms with Crippen LogP contribution >= 0.6 is 11.8 Å². The number of primary amides is 1. The minimum atomic E-state index is -5.08. The molecule has 328 valence electrons. The zero-order valence-electron chi connectivity index (χ0n) is 32.8. The van der Waals surface area contributed by atoms with E-state index in [0.29, 0.717) is 25.1 Å². The summed E-state index contributed by atoms with van der Waals surface area (Å²) in [7, 11) is 0. The van der Waals surface area contributed by atoms with Crippen LogP contribution < -0.4 is 27.8 Å². The number of aliphatic carboxylic acids is 3. The van der Waals surface area contributed by atoms with Crippen LogP contribution in [0.5, 0.6) is 0 Å². The molecule has 0 bridgehead atoms. The molecule has 1 saturated heterocycles. The fourth-order valence-corrected chi connectivity index (χ4v) is 6.11. The summed E-state index contributed by atoms with van der Waals surface area (Å²) in [6.45, 7) is 5.93. The highest BCUT2D eigenvalue weighted by atomic mass is 32.2. The van der Waals surface area contributed by atoms with Gasteiger partial charge in [0, 0.05) is 18.1 Å². The first kappa shape index (κ1) is 51.8. The molecule has 1 aliphatic rings. The lowest BCUT2D eigenvalue weighted by Gasteiger charge is -2.28. The van der Waals surface area contributed by atoms with E-state index in [1.54, 1.807) is 18.7 Å². The van der Waals surface area contributed by atoms with Crippen LogP contribution in [-0.4, -0.2) is 117 Å². The van der Waals surface area contributed by atoms with Crippen LogP contribution in [0, 0.1) is 5.92 Å². The first-order valence-corrected chi connectivity index (χ1v) is 19.5. The number of nitrogens with one attached hydrogen (secondary N) is 2.